The third-order valence-corrected chi connectivity index (χ3v) is 11.9. The van der Waals surface area contributed by atoms with Gasteiger partial charge < -0.3 is 0 Å². The molecule has 0 atom stereocenters. The van der Waals surface area contributed by atoms with Crippen LogP contribution in [0.2, 0.25) is 0 Å². The van der Waals surface area contributed by atoms with E-state index >= 15 is 0 Å². The molecule has 182 valence electrons. The van der Waals surface area contributed by atoms with Gasteiger partial charge in [-0.25, -0.2) is 0 Å². The van der Waals surface area contributed by atoms with E-state index in [2.05, 4.69) is 101 Å². The Balaban J connectivity index is 2.08. The second-order valence-electron chi connectivity index (χ2n) is 9.70. The molecular weight excluding hydrogens is 617 g/mol. The molecule has 0 saturated carbocycles. The average Bonchev–Trinajstić information content (AvgIpc) is 2.80. The van der Waals surface area contributed by atoms with Crippen molar-refractivity contribution in [3.63, 3.8) is 0 Å². The maximum atomic E-state index is 6.66. The number of aryl methyl sites for hydroxylation is 3. The minimum absolute atomic E-state index is 0.870. The van der Waals surface area contributed by atoms with E-state index in [4.69, 9.17) is 8.44 Å². The molecule has 0 aliphatic heterocycles. The molecule has 0 heterocycles. The minimum atomic E-state index is -3.48. The van der Waals surface area contributed by atoms with E-state index < -0.39 is 23.1 Å². The summed E-state index contributed by atoms with van der Waals surface area (Å²) in [6, 6.07) is 6.39. The quantitative estimate of drug-likeness (QED) is 0.253. The van der Waals surface area contributed by atoms with Gasteiger partial charge in [0.1, 0.15) is 0 Å². The van der Waals surface area contributed by atoms with Crippen LogP contribution in [0.1, 0.15) is 66.8 Å². The van der Waals surface area contributed by atoms with Gasteiger partial charge in [0.05, 0.1) is 0 Å². The average molecular weight is 657 g/mol. The molecule has 4 heteroatoms. The Morgan fingerprint density at radius 2 is 0.588 bits per heavy atom. The molecule has 3 nitrogen and oxygen atoms in total. The predicted molar refractivity (Wildman–Crippen MR) is 144 cm³/mol. The first-order valence-corrected chi connectivity index (χ1v) is 16.2. The van der Waals surface area contributed by atoms with Crippen LogP contribution >= 0.6 is 0 Å². The van der Waals surface area contributed by atoms with Crippen LogP contribution in [0.3, 0.4) is 0 Å². The van der Waals surface area contributed by atoms with Crippen molar-refractivity contribution in [2.75, 3.05) is 0 Å². The molecule has 0 unspecified atom stereocenters. The van der Waals surface area contributed by atoms with E-state index in [1.165, 1.54) is 50.1 Å². The summed E-state index contributed by atoms with van der Waals surface area (Å²) in [4.78, 5) is 0. The molecule has 3 aromatic carbocycles. The fraction of sp³-hybridized carbons (Fsp3) is 0.400. The first-order valence-electron chi connectivity index (χ1n) is 11.9. The van der Waals surface area contributed by atoms with Gasteiger partial charge in [-0.1, -0.05) is 0 Å². The number of hydrogen-bond acceptors (Lipinski definition) is 3. The van der Waals surface area contributed by atoms with Gasteiger partial charge in [-0.3, -0.25) is 0 Å². The molecule has 0 aliphatic rings. The fourth-order valence-electron chi connectivity index (χ4n) is 4.11. The Hall–Kier alpha value is -2.06. The molecule has 0 radical (unpaired) electrons. The third-order valence-electron chi connectivity index (χ3n) is 7.82. The number of hydrogen-bond donors (Lipinski definition) is 0. The molecular formula is C30H39BiO3. The van der Waals surface area contributed by atoms with Crippen molar-refractivity contribution in [3.8, 4) is 17.2 Å². The Labute approximate surface area is 216 Å². The van der Waals surface area contributed by atoms with Crippen LogP contribution in [0.5, 0.6) is 17.2 Å². The monoisotopic (exact) mass is 656 g/mol. The summed E-state index contributed by atoms with van der Waals surface area (Å²) in [5.41, 5.74) is 14.8. The molecule has 0 bridgehead atoms. The Morgan fingerprint density at radius 3 is 0.824 bits per heavy atom. The normalized spacial score (nSPS) is 11.2. The summed E-state index contributed by atoms with van der Waals surface area (Å²) in [7, 11) is 0. The number of benzene rings is 3. The van der Waals surface area contributed by atoms with Crippen LogP contribution in [0.25, 0.3) is 0 Å². The molecule has 3 aromatic rings. The van der Waals surface area contributed by atoms with Gasteiger partial charge in [0.15, 0.2) is 0 Å². The summed E-state index contributed by atoms with van der Waals surface area (Å²) in [6.45, 7) is 25.7. The van der Waals surface area contributed by atoms with Crippen molar-refractivity contribution in [2.45, 2.75) is 83.1 Å². The van der Waals surface area contributed by atoms with Crippen molar-refractivity contribution in [1.82, 2.24) is 0 Å². The van der Waals surface area contributed by atoms with Gasteiger partial charge in [-0.05, 0) is 0 Å². The topological polar surface area (TPSA) is 27.7 Å². The molecule has 0 aromatic heterocycles. The summed E-state index contributed by atoms with van der Waals surface area (Å²) in [5, 5.41) is 0. The van der Waals surface area contributed by atoms with Crippen LogP contribution in [-0.4, -0.2) is 23.1 Å². The predicted octanol–water partition coefficient (Wildman–Crippen LogP) is 7.91. The molecule has 3 rings (SSSR count). The van der Waals surface area contributed by atoms with E-state index in [0.717, 1.165) is 33.9 Å². The molecule has 34 heavy (non-hydrogen) atoms. The SMILES string of the molecule is Cc1cc([O][Bi]([O]c2cc(C)c(C)c(C)c2C)[O]c2cc(C)c(C)c(C)c2C)c(C)c(C)c1C. The van der Waals surface area contributed by atoms with Gasteiger partial charge in [-0.2, -0.15) is 0 Å². The van der Waals surface area contributed by atoms with Crippen molar-refractivity contribution >= 4 is 23.1 Å². The summed E-state index contributed by atoms with van der Waals surface area (Å²) in [5.74, 6) is 2.61. The van der Waals surface area contributed by atoms with Crippen molar-refractivity contribution in [1.29, 1.82) is 0 Å². The zero-order valence-electron chi connectivity index (χ0n) is 22.9. The van der Waals surface area contributed by atoms with E-state index in [1.54, 1.807) is 0 Å². The van der Waals surface area contributed by atoms with Gasteiger partial charge in [0, 0.05) is 0 Å². The fourth-order valence-corrected chi connectivity index (χ4v) is 8.63. The van der Waals surface area contributed by atoms with Crippen LogP contribution in [0.15, 0.2) is 18.2 Å². The second-order valence-corrected chi connectivity index (χ2v) is 13.6. The van der Waals surface area contributed by atoms with Crippen LogP contribution in [0, 0.1) is 83.1 Å². The molecule has 0 amide bonds. The van der Waals surface area contributed by atoms with Crippen molar-refractivity contribution < 1.29 is 8.44 Å². The number of rotatable bonds is 6. The molecule has 0 saturated heterocycles. The Morgan fingerprint density at radius 1 is 0.353 bits per heavy atom. The van der Waals surface area contributed by atoms with Crippen LogP contribution < -0.4 is 8.44 Å². The second kappa shape index (κ2) is 10.3. The molecule has 0 aliphatic carbocycles. The maximum absolute atomic E-state index is 6.66. The third kappa shape index (κ3) is 5.13. The zero-order chi connectivity index (χ0) is 25.5. The molecule has 0 N–H and O–H groups in total. The van der Waals surface area contributed by atoms with E-state index in [-0.39, 0.29) is 0 Å². The first kappa shape index (κ1) is 26.5. The van der Waals surface area contributed by atoms with Gasteiger partial charge in [0.2, 0.25) is 0 Å². The summed E-state index contributed by atoms with van der Waals surface area (Å²) >= 11 is -3.48. The van der Waals surface area contributed by atoms with Gasteiger partial charge in [-0.15, -0.1) is 0 Å². The Bertz CT molecular complexity index is 1100. The molecule has 0 spiro atoms. The Kier molecular flexibility index (Phi) is 8.03. The van der Waals surface area contributed by atoms with E-state index in [1.807, 2.05) is 0 Å². The summed E-state index contributed by atoms with van der Waals surface area (Å²) < 4.78 is 20.0. The summed E-state index contributed by atoms with van der Waals surface area (Å²) in [6.07, 6.45) is 0. The molecule has 0 fully saturated rings. The van der Waals surface area contributed by atoms with E-state index in [0.29, 0.717) is 0 Å². The first-order chi connectivity index (χ1) is 15.8. The van der Waals surface area contributed by atoms with Crippen LogP contribution in [-0.2, 0) is 0 Å². The van der Waals surface area contributed by atoms with Gasteiger partial charge >= 0.3 is 217 Å². The van der Waals surface area contributed by atoms with Gasteiger partial charge in [0.25, 0.3) is 0 Å². The van der Waals surface area contributed by atoms with E-state index in [9.17, 15) is 0 Å². The zero-order valence-corrected chi connectivity index (χ0v) is 26.4. The standard InChI is InChI=1S/3C10H14O.Bi/c3*1-6-5-10(11)9(4)8(3)7(6)2;/h3*5,11H,1-4H3;/q;;;+3/p-3. The van der Waals surface area contributed by atoms with Crippen molar-refractivity contribution in [3.05, 3.63) is 85.0 Å². The van der Waals surface area contributed by atoms with Crippen LogP contribution in [0.4, 0.5) is 0 Å². The van der Waals surface area contributed by atoms with Crippen molar-refractivity contribution in [2.24, 2.45) is 0 Å².